The minimum atomic E-state index is -2.12. The number of allylic oxidation sites excluding steroid dienone is 2. The molecule has 0 amide bonds. The molecule has 2 aliphatic heterocycles. The van der Waals surface area contributed by atoms with Crippen LogP contribution in [0.15, 0.2) is 297 Å². The van der Waals surface area contributed by atoms with E-state index in [4.69, 9.17) is 4.42 Å². The fourth-order valence-electron chi connectivity index (χ4n) is 12.6. The largest absolute Gasteiger partial charge is 0.456 e. The van der Waals surface area contributed by atoms with Gasteiger partial charge in [0.2, 0.25) is 0 Å². The highest BCUT2D eigenvalue weighted by Gasteiger charge is 2.59. The van der Waals surface area contributed by atoms with E-state index in [0.29, 0.717) is 5.92 Å². The van der Waals surface area contributed by atoms with E-state index in [-0.39, 0.29) is 12.3 Å². The number of hydrogen-bond donors (Lipinski definition) is 0. The summed E-state index contributed by atoms with van der Waals surface area (Å²) in [7, 11) is -2.12. The summed E-state index contributed by atoms with van der Waals surface area (Å²) >= 11 is 0. The van der Waals surface area contributed by atoms with Crippen LogP contribution in [0, 0.1) is 5.92 Å². The number of furan rings is 1. The first-order chi connectivity index (χ1) is 36.2. The molecule has 10 aromatic carbocycles. The summed E-state index contributed by atoms with van der Waals surface area (Å²) in [6.07, 6.45) is 10.5. The Kier molecular flexibility index (Phi) is 9.45. The van der Waals surface area contributed by atoms with Crippen LogP contribution in [0.4, 0.5) is 45.5 Å². The van der Waals surface area contributed by atoms with Gasteiger partial charge in [0, 0.05) is 81.8 Å². The van der Waals surface area contributed by atoms with Gasteiger partial charge in [-0.3, -0.25) is 0 Å². The second-order valence-corrected chi connectivity index (χ2v) is 22.8. The first-order valence-corrected chi connectivity index (χ1v) is 27.0. The molecule has 2 atom stereocenters. The minimum Gasteiger partial charge on any atom is -0.456 e. The van der Waals surface area contributed by atoms with Crippen molar-refractivity contribution in [3.05, 3.63) is 273 Å². The third-order valence-corrected chi connectivity index (χ3v) is 19.6. The summed E-state index contributed by atoms with van der Waals surface area (Å²) in [4.78, 5) is 12.9. The second-order valence-electron chi connectivity index (χ2n) is 19.7. The van der Waals surface area contributed by atoms with Gasteiger partial charge in [-0.25, -0.2) is 0 Å². The molecule has 11 aromatic rings. The number of anilines is 8. The van der Waals surface area contributed by atoms with E-state index in [9.17, 15) is 0 Å². The van der Waals surface area contributed by atoms with E-state index in [1.54, 1.807) is 0 Å². The van der Waals surface area contributed by atoms with Crippen molar-refractivity contribution in [1.29, 1.82) is 0 Å². The number of para-hydroxylation sites is 4. The maximum Gasteiger partial charge on any atom is 0.252 e. The van der Waals surface area contributed by atoms with Gasteiger partial charge in [-0.2, -0.15) is 0 Å². The fourth-order valence-corrected chi connectivity index (χ4v) is 16.5. The molecule has 0 spiro atoms. The van der Waals surface area contributed by atoms with E-state index < -0.39 is 10.0 Å². The second kappa shape index (κ2) is 16.4. The zero-order chi connectivity index (χ0) is 48.1. The summed E-state index contributed by atoms with van der Waals surface area (Å²) in [6.45, 7) is -0.0411. The molecule has 4 aliphatic rings. The topological polar surface area (TPSA) is 22.9 Å². The standard InChI is InChI=1S/C67H48BN3OS/c1-6-23-48(24-7-1)69(50-38-40-65-57(42-50)56-33-16-19-36-64(56)72-65)51-37-39-59-61(43-51)70(49-25-8-2-9-26-49)62-44-55(73(52-27-10-3-11-28-52,53-29-12-4-13-30-53)54-31-14-5-15-32-54)45-63-66(62)68(59)58-34-17-18-35-60(58)71(63)67-41-21-20-22-47(67)46-67/h1-45,47H,46H2. The SMILES string of the molecule is C1=CC2CC2(N2c3ccccc3B3c4ccc(N(c5ccccc5)c5ccc6oc7ccccc7c6c5)cc4N(c4ccccc4)c4cc(S(c5ccccc5)(c5ccccc5)c5ccccc5)cc2c43)C=C1. The summed E-state index contributed by atoms with van der Waals surface area (Å²) < 4.78 is 6.38. The lowest BCUT2D eigenvalue weighted by atomic mass is 9.33. The maximum absolute atomic E-state index is 6.38. The van der Waals surface area contributed by atoms with Crippen molar-refractivity contribution in [3.63, 3.8) is 0 Å². The number of hydrogen-bond acceptors (Lipinski definition) is 4. The monoisotopic (exact) mass is 953 g/mol. The fraction of sp³-hybridized carbons (Fsp3) is 0.0448. The van der Waals surface area contributed by atoms with Crippen molar-refractivity contribution in [2.24, 2.45) is 5.92 Å². The predicted molar refractivity (Wildman–Crippen MR) is 305 cm³/mol. The third-order valence-electron chi connectivity index (χ3n) is 15.8. The minimum absolute atomic E-state index is 0.0411. The molecule has 1 saturated carbocycles. The molecule has 346 valence electrons. The number of rotatable bonds is 9. The average Bonchev–Trinajstić information content (AvgIpc) is 4.10. The highest BCUT2D eigenvalue weighted by Crippen LogP contribution is 2.74. The van der Waals surface area contributed by atoms with E-state index in [1.807, 2.05) is 6.07 Å². The van der Waals surface area contributed by atoms with Crippen molar-refractivity contribution in [1.82, 2.24) is 0 Å². The zero-order valence-electron chi connectivity index (χ0n) is 40.0. The van der Waals surface area contributed by atoms with E-state index in [0.717, 1.165) is 56.8 Å². The van der Waals surface area contributed by atoms with Gasteiger partial charge in [-0.1, -0.05) is 158 Å². The van der Waals surface area contributed by atoms with E-state index in [1.165, 1.54) is 53.0 Å². The van der Waals surface area contributed by atoms with Gasteiger partial charge in [0.1, 0.15) is 11.2 Å². The molecule has 73 heavy (non-hydrogen) atoms. The van der Waals surface area contributed by atoms with Crippen LogP contribution < -0.4 is 31.1 Å². The van der Waals surface area contributed by atoms with Crippen molar-refractivity contribution >= 4 is 101 Å². The first-order valence-electron chi connectivity index (χ1n) is 25.4. The Labute approximate surface area is 427 Å². The molecular formula is C67H48BN3OS. The Morgan fingerprint density at radius 2 is 1.03 bits per heavy atom. The summed E-state index contributed by atoms with van der Waals surface area (Å²) in [5.74, 6) is 0.405. The Balaban J connectivity index is 1.05. The van der Waals surface area contributed by atoms with Crippen LogP contribution in [0.1, 0.15) is 6.42 Å². The molecule has 6 heteroatoms. The van der Waals surface area contributed by atoms with Gasteiger partial charge in [0.05, 0.1) is 5.54 Å². The maximum atomic E-state index is 6.38. The van der Waals surface area contributed by atoms with Crippen LogP contribution in [0.25, 0.3) is 21.9 Å². The lowest BCUT2D eigenvalue weighted by Gasteiger charge is -2.49. The van der Waals surface area contributed by atoms with Gasteiger partial charge in [-0.15, -0.1) is 10.0 Å². The quantitative estimate of drug-likeness (QED) is 0.135. The molecule has 1 fully saturated rings. The molecule has 0 radical (unpaired) electrons. The predicted octanol–water partition coefficient (Wildman–Crippen LogP) is 16.0. The molecule has 0 saturated heterocycles. The molecule has 4 nitrogen and oxygen atoms in total. The molecule has 2 unspecified atom stereocenters. The molecular weight excluding hydrogens is 906 g/mol. The zero-order valence-corrected chi connectivity index (χ0v) is 40.8. The van der Waals surface area contributed by atoms with E-state index >= 15 is 0 Å². The van der Waals surface area contributed by atoms with Crippen LogP contribution in [0.5, 0.6) is 0 Å². The lowest BCUT2D eigenvalue weighted by Crippen LogP contribution is -2.63. The molecule has 3 heterocycles. The van der Waals surface area contributed by atoms with Gasteiger partial charge >= 0.3 is 0 Å². The van der Waals surface area contributed by atoms with Crippen molar-refractivity contribution in [3.8, 4) is 0 Å². The molecule has 2 aliphatic carbocycles. The third kappa shape index (κ3) is 6.30. The molecule has 0 bridgehead atoms. The van der Waals surface area contributed by atoms with Crippen molar-refractivity contribution in [2.75, 3.05) is 14.7 Å². The highest BCUT2D eigenvalue weighted by atomic mass is 32.3. The first kappa shape index (κ1) is 42.0. The van der Waals surface area contributed by atoms with Crippen molar-refractivity contribution < 1.29 is 4.42 Å². The van der Waals surface area contributed by atoms with Crippen LogP contribution in [0.2, 0.25) is 0 Å². The Bertz CT molecular complexity index is 3900. The summed E-state index contributed by atoms with van der Waals surface area (Å²) in [5, 5.41) is 2.20. The average molecular weight is 954 g/mol. The van der Waals surface area contributed by atoms with Gasteiger partial charge in [0.25, 0.3) is 6.71 Å². The van der Waals surface area contributed by atoms with Gasteiger partial charge < -0.3 is 19.1 Å². The number of nitrogens with zero attached hydrogens (tertiary/aromatic N) is 3. The van der Waals surface area contributed by atoms with Crippen LogP contribution in [0.3, 0.4) is 0 Å². The van der Waals surface area contributed by atoms with E-state index in [2.05, 4.69) is 282 Å². The van der Waals surface area contributed by atoms with Crippen LogP contribution in [-0.4, -0.2) is 12.3 Å². The van der Waals surface area contributed by atoms with Crippen LogP contribution >= 0.6 is 10.0 Å². The lowest BCUT2D eigenvalue weighted by molar-refractivity contribution is 0.669. The summed E-state index contributed by atoms with van der Waals surface area (Å²) in [5.41, 5.74) is 14.8. The Morgan fingerprint density at radius 3 is 1.74 bits per heavy atom. The smallest absolute Gasteiger partial charge is 0.252 e. The highest BCUT2D eigenvalue weighted by molar-refractivity contribution is 8.34. The molecule has 1 aromatic heterocycles. The van der Waals surface area contributed by atoms with Crippen molar-refractivity contribution in [2.45, 2.75) is 31.5 Å². The number of benzene rings is 10. The number of fused-ring (bicyclic) bond motifs is 8. The summed E-state index contributed by atoms with van der Waals surface area (Å²) in [6, 6.07) is 92.5. The normalized spacial score (nSPS) is 17.2. The van der Waals surface area contributed by atoms with Crippen LogP contribution in [-0.2, 0) is 0 Å². The Morgan fingerprint density at radius 1 is 0.452 bits per heavy atom. The Hall–Kier alpha value is -8.71. The van der Waals surface area contributed by atoms with Gasteiger partial charge in [-0.05, 0) is 138 Å². The molecule has 15 rings (SSSR count). The molecule has 0 N–H and O–H groups in total. The van der Waals surface area contributed by atoms with Gasteiger partial charge in [0.15, 0.2) is 0 Å².